The zero-order chi connectivity index (χ0) is 14.1. The lowest BCUT2D eigenvalue weighted by atomic mass is 10.2. The lowest BCUT2D eigenvalue weighted by Crippen LogP contribution is -2.24. The molecule has 2 heterocycles. The van der Waals surface area contributed by atoms with Crippen molar-refractivity contribution in [1.29, 1.82) is 0 Å². The van der Waals surface area contributed by atoms with E-state index in [4.69, 9.17) is 0 Å². The zero-order valence-corrected chi connectivity index (χ0v) is 10.9. The predicted octanol–water partition coefficient (Wildman–Crippen LogP) is 2.29. The van der Waals surface area contributed by atoms with Crippen molar-refractivity contribution in [1.82, 2.24) is 14.5 Å². The molecule has 0 saturated carbocycles. The Morgan fingerprint density at radius 1 is 1.25 bits per heavy atom. The molecule has 0 radical (unpaired) electrons. The van der Waals surface area contributed by atoms with Crippen LogP contribution in [0.1, 0.15) is 11.4 Å². The first-order valence-electron chi connectivity index (χ1n) is 6.22. The van der Waals surface area contributed by atoms with Crippen LogP contribution in [0.4, 0.5) is 4.39 Å². The Morgan fingerprint density at radius 3 is 2.90 bits per heavy atom. The average molecular weight is 269 g/mol. The van der Waals surface area contributed by atoms with Crippen LogP contribution >= 0.6 is 0 Å². The molecular formula is C15H12FN3O. The highest BCUT2D eigenvalue weighted by atomic mass is 19.1. The van der Waals surface area contributed by atoms with Gasteiger partial charge in [0.25, 0.3) is 5.56 Å². The number of halogens is 1. The molecule has 0 aliphatic carbocycles. The van der Waals surface area contributed by atoms with E-state index >= 15 is 0 Å². The lowest BCUT2D eigenvalue weighted by Gasteiger charge is -2.10. The molecule has 3 aromatic rings. The third kappa shape index (κ3) is 2.18. The highest BCUT2D eigenvalue weighted by Gasteiger charge is 2.09. The third-order valence-electron chi connectivity index (χ3n) is 3.15. The van der Waals surface area contributed by atoms with E-state index < -0.39 is 0 Å². The van der Waals surface area contributed by atoms with Crippen LogP contribution < -0.4 is 5.56 Å². The summed E-state index contributed by atoms with van der Waals surface area (Å²) in [6.45, 7) is 2.04. The molecule has 0 aliphatic heterocycles. The minimum Gasteiger partial charge on any atom is -0.292 e. The summed E-state index contributed by atoms with van der Waals surface area (Å²) in [5.74, 6) is 0.245. The number of fused-ring (bicyclic) bond motifs is 1. The normalized spacial score (nSPS) is 10.9. The van der Waals surface area contributed by atoms with Gasteiger partial charge in [-0.15, -0.1) is 0 Å². The fourth-order valence-corrected chi connectivity index (χ4v) is 2.16. The molecule has 0 amide bonds. The number of nitrogens with zero attached hydrogens (tertiary/aromatic N) is 3. The summed E-state index contributed by atoms with van der Waals surface area (Å²) in [5.41, 5.74) is 0.996. The number of aromatic nitrogens is 3. The first-order chi connectivity index (χ1) is 9.65. The summed E-state index contributed by atoms with van der Waals surface area (Å²) in [4.78, 5) is 20.8. The number of pyridine rings is 1. The largest absolute Gasteiger partial charge is 0.292 e. The molecule has 0 spiro atoms. The topological polar surface area (TPSA) is 47.8 Å². The summed E-state index contributed by atoms with van der Waals surface area (Å²) in [6.07, 6.45) is 1.60. The molecule has 100 valence electrons. The van der Waals surface area contributed by atoms with Crippen molar-refractivity contribution < 1.29 is 4.39 Å². The molecule has 0 bridgehead atoms. The van der Waals surface area contributed by atoms with Gasteiger partial charge in [0.05, 0.1) is 11.9 Å². The number of rotatable bonds is 2. The molecule has 5 heteroatoms. The molecule has 0 fully saturated rings. The molecule has 0 aliphatic rings. The summed E-state index contributed by atoms with van der Waals surface area (Å²) in [6, 6.07) is 9.59. The average Bonchev–Trinajstić information content (AvgIpc) is 2.43. The molecule has 3 rings (SSSR count). The van der Waals surface area contributed by atoms with Gasteiger partial charge < -0.3 is 0 Å². The molecule has 20 heavy (non-hydrogen) atoms. The highest BCUT2D eigenvalue weighted by Crippen LogP contribution is 2.08. The van der Waals surface area contributed by atoms with Crippen molar-refractivity contribution in [2.45, 2.75) is 13.5 Å². The molecule has 4 nitrogen and oxygen atoms in total. The van der Waals surface area contributed by atoms with Crippen molar-refractivity contribution in [3.8, 4) is 0 Å². The van der Waals surface area contributed by atoms with Crippen molar-refractivity contribution >= 4 is 11.0 Å². The fraction of sp³-hybridized carbons (Fsp3) is 0.133. The number of benzene rings is 1. The van der Waals surface area contributed by atoms with E-state index in [-0.39, 0.29) is 11.4 Å². The Kier molecular flexibility index (Phi) is 3.02. The van der Waals surface area contributed by atoms with Gasteiger partial charge in [-0.25, -0.2) is 14.4 Å². The Bertz CT molecular complexity index is 842. The molecule has 0 saturated heterocycles. The molecule has 1 aromatic carbocycles. The second kappa shape index (κ2) is 4.85. The van der Waals surface area contributed by atoms with Gasteiger partial charge in [0.1, 0.15) is 11.6 Å². The quantitative estimate of drug-likeness (QED) is 0.717. The van der Waals surface area contributed by atoms with E-state index in [1.807, 2.05) is 0 Å². The Balaban J connectivity index is 2.14. The van der Waals surface area contributed by atoms with E-state index in [1.165, 1.54) is 16.7 Å². The lowest BCUT2D eigenvalue weighted by molar-refractivity contribution is 0.621. The van der Waals surface area contributed by atoms with Crippen LogP contribution in [0.15, 0.2) is 47.4 Å². The predicted molar refractivity (Wildman–Crippen MR) is 74.0 cm³/mol. The Labute approximate surface area is 114 Å². The van der Waals surface area contributed by atoms with Crippen molar-refractivity contribution in [2.75, 3.05) is 0 Å². The molecule has 2 aromatic heterocycles. The number of aryl methyl sites for hydroxylation is 1. The maximum atomic E-state index is 13.2. The van der Waals surface area contributed by atoms with Crippen molar-refractivity contribution in [3.63, 3.8) is 0 Å². The van der Waals surface area contributed by atoms with Crippen LogP contribution in [-0.4, -0.2) is 14.5 Å². The van der Waals surface area contributed by atoms with E-state index in [1.54, 1.807) is 37.4 Å². The Morgan fingerprint density at radius 2 is 2.10 bits per heavy atom. The zero-order valence-electron chi connectivity index (χ0n) is 10.9. The first kappa shape index (κ1) is 12.5. The van der Waals surface area contributed by atoms with Gasteiger partial charge in [-0.3, -0.25) is 9.36 Å². The molecular weight excluding hydrogens is 257 g/mol. The summed E-state index contributed by atoms with van der Waals surface area (Å²) in [5, 5.41) is 0.467. The second-order valence-electron chi connectivity index (χ2n) is 4.55. The molecule has 0 N–H and O–H groups in total. The highest BCUT2D eigenvalue weighted by molar-refractivity contribution is 5.72. The summed E-state index contributed by atoms with van der Waals surface area (Å²) < 4.78 is 14.7. The van der Waals surface area contributed by atoms with E-state index in [0.717, 1.165) is 5.56 Å². The van der Waals surface area contributed by atoms with Gasteiger partial charge in [0.2, 0.25) is 0 Å². The van der Waals surface area contributed by atoms with E-state index in [9.17, 15) is 9.18 Å². The van der Waals surface area contributed by atoms with Gasteiger partial charge in [0.15, 0.2) is 5.65 Å². The van der Waals surface area contributed by atoms with Gasteiger partial charge in [-0.05, 0) is 36.8 Å². The van der Waals surface area contributed by atoms with Crippen LogP contribution in [0.3, 0.4) is 0 Å². The van der Waals surface area contributed by atoms with Crippen LogP contribution in [0.5, 0.6) is 0 Å². The SMILES string of the molecule is Cc1nc2ncccc2c(=O)n1Cc1cccc(F)c1. The van der Waals surface area contributed by atoms with Crippen molar-refractivity contribution in [3.05, 3.63) is 70.2 Å². The molecule has 0 atom stereocenters. The Hall–Kier alpha value is -2.56. The van der Waals surface area contributed by atoms with Crippen LogP contribution in [0.2, 0.25) is 0 Å². The smallest absolute Gasteiger partial charge is 0.263 e. The third-order valence-corrected chi connectivity index (χ3v) is 3.15. The van der Waals surface area contributed by atoms with Crippen molar-refractivity contribution in [2.24, 2.45) is 0 Å². The van der Waals surface area contributed by atoms with Gasteiger partial charge in [0, 0.05) is 6.20 Å². The summed E-state index contributed by atoms with van der Waals surface area (Å²) in [7, 11) is 0. The van der Waals surface area contributed by atoms with Crippen LogP contribution in [-0.2, 0) is 6.54 Å². The van der Waals surface area contributed by atoms with Gasteiger partial charge in [-0.2, -0.15) is 0 Å². The van der Waals surface area contributed by atoms with E-state index in [2.05, 4.69) is 9.97 Å². The summed E-state index contributed by atoms with van der Waals surface area (Å²) >= 11 is 0. The van der Waals surface area contributed by atoms with Crippen LogP contribution in [0.25, 0.3) is 11.0 Å². The van der Waals surface area contributed by atoms with Crippen LogP contribution in [0, 0.1) is 12.7 Å². The standard InChI is InChI=1S/C15H12FN3O/c1-10-18-14-13(6-3-7-17-14)15(20)19(10)9-11-4-2-5-12(16)8-11/h2-8H,9H2,1H3. The molecule has 0 unspecified atom stereocenters. The number of hydrogen-bond donors (Lipinski definition) is 0. The minimum atomic E-state index is -0.316. The maximum absolute atomic E-state index is 13.2. The minimum absolute atomic E-state index is 0.162. The number of hydrogen-bond acceptors (Lipinski definition) is 3. The fourth-order valence-electron chi connectivity index (χ4n) is 2.16. The second-order valence-corrected chi connectivity index (χ2v) is 4.55. The van der Waals surface area contributed by atoms with Gasteiger partial charge in [-0.1, -0.05) is 12.1 Å². The first-order valence-corrected chi connectivity index (χ1v) is 6.22. The monoisotopic (exact) mass is 269 g/mol. The maximum Gasteiger partial charge on any atom is 0.263 e. The van der Waals surface area contributed by atoms with Gasteiger partial charge >= 0.3 is 0 Å². The van der Waals surface area contributed by atoms with E-state index in [0.29, 0.717) is 23.4 Å².